The van der Waals surface area contributed by atoms with Crippen molar-refractivity contribution in [3.63, 3.8) is 0 Å². The minimum Gasteiger partial charge on any atom is -0.366 e. The van der Waals surface area contributed by atoms with E-state index in [0.717, 1.165) is 11.8 Å². The fourth-order valence-corrected chi connectivity index (χ4v) is 5.38. The molecule has 0 aromatic heterocycles. The maximum absolute atomic E-state index is 12.8. The van der Waals surface area contributed by atoms with E-state index in [1.807, 2.05) is 6.07 Å². The van der Waals surface area contributed by atoms with Crippen LogP contribution in [0.15, 0.2) is 24.3 Å². The number of hydrogen-bond acceptors (Lipinski definition) is 2. The smallest absolute Gasteiger partial charge is 0.250 e. The SMILES string of the molecule is NC(=O)c1ccccc1NC(=O)C1C2CC3CC(C2)CC1C3. The molecule has 2 amide bonds. The molecule has 1 aromatic carbocycles. The molecule has 22 heavy (non-hydrogen) atoms. The molecule has 0 aliphatic heterocycles. The molecule has 4 aliphatic carbocycles. The second kappa shape index (κ2) is 5.11. The molecule has 4 fully saturated rings. The summed E-state index contributed by atoms with van der Waals surface area (Å²) >= 11 is 0. The number of benzene rings is 1. The van der Waals surface area contributed by atoms with Crippen LogP contribution in [0.2, 0.25) is 0 Å². The van der Waals surface area contributed by atoms with Crippen molar-refractivity contribution in [3.8, 4) is 0 Å². The molecule has 0 unspecified atom stereocenters. The molecule has 0 spiro atoms. The largest absolute Gasteiger partial charge is 0.366 e. The second-order valence-corrected chi connectivity index (χ2v) is 7.36. The van der Waals surface area contributed by atoms with E-state index in [2.05, 4.69) is 5.32 Å². The molecule has 5 rings (SSSR count). The Labute approximate surface area is 130 Å². The van der Waals surface area contributed by atoms with Crippen LogP contribution in [-0.4, -0.2) is 11.8 Å². The highest BCUT2D eigenvalue weighted by Crippen LogP contribution is 2.56. The fourth-order valence-electron chi connectivity index (χ4n) is 5.38. The first-order valence-corrected chi connectivity index (χ1v) is 8.31. The van der Waals surface area contributed by atoms with E-state index in [-0.39, 0.29) is 11.8 Å². The fraction of sp³-hybridized carbons (Fsp3) is 0.556. The Balaban J connectivity index is 1.55. The third kappa shape index (κ3) is 2.21. The highest BCUT2D eigenvalue weighted by molar-refractivity contribution is 6.03. The predicted octanol–water partition coefficient (Wildman–Crippen LogP) is 2.80. The van der Waals surface area contributed by atoms with Crippen molar-refractivity contribution in [1.29, 1.82) is 0 Å². The lowest BCUT2D eigenvalue weighted by atomic mass is 9.51. The minimum absolute atomic E-state index is 0.0856. The number of amides is 2. The predicted molar refractivity (Wildman–Crippen MR) is 84.1 cm³/mol. The molecule has 0 atom stereocenters. The summed E-state index contributed by atoms with van der Waals surface area (Å²) in [5, 5.41) is 2.98. The normalized spacial score (nSPS) is 35.4. The molecular formula is C18H22N2O2. The van der Waals surface area contributed by atoms with E-state index in [9.17, 15) is 9.59 Å². The van der Waals surface area contributed by atoms with Gasteiger partial charge in [-0.1, -0.05) is 12.1 Å². The Morgan fingerprint density at radius 2 is 1.55 bits per heavy atom. The summed E-state index contributed by atoms with van der Waals surface area (Å²) in [6.07, 6.45) is 6.22. The molecule has 4 heteroatoms. The third-order valence-corrected chi connectivity index (χ3v) is 5.98. The van der Waals surface area contributed by atoms with Crippen molar-refractivity contribution >= 4 is 17.5 Å². The van der Waals surface area contributed by atoms with Crippen LogP contribution in [0.4, 0.5) is 5.69 Å². The van der Waals surface area contributed by atoms with Crippen molar-refractivity contribution < 1.29 is 9.59 Å². The number of carbonyl (C=O) groups is 2. The molecule has 4 nitrogen and oxygen atoms in total. The van der Waals surface area contributed by atoms with Crippen molar-refractivity contribution in [2.75, 3.05) is 5.32 Å². The van der Waals surface area contributed by atoms with Crippen LogP contribution in [0.3, 0.4) is 0 Å². The molecule has 116 valence electrons. The zero-order chi connectivity index (χ0) is 15.3. The number of carbonyl (C=O) groups excluding carboxylic acids is 2. The molecule has 0 radical (unpaired) electrons. The van der Waals surface area contributed by atoms with Gasteiger partial charge in [0.25, 0.3) is 5.91 Å². The highest BCUT2D eigenvalue weighted by atomic mass is 16.2. The third-order valence-electron chi connectivity index (χ3n) is 5.98. The zero-order valence-electron chi connectivity index (χ0n) is 12.6. The summed E-state index contributed by atoms with van der Waals surface area (Å²) < 4.78 is 0. The molecular weight excluding hydrogens is 276 g/mol. The summed E-state index contributed by atoms with van der Waals surface area (Å²) in [4.78, 5) is 24.3. The first kappa shape index (κ1) is 13.8. The maximum atomic E-state index is 12.8. The lowest BCUT2D eigenvalue weighted by molar-refractivity contribution is -0.132. The molecule has 1 aromatic rings. The summed E-state index contributed by atoms with van der Waals surface area (Å²) in [5.74, 6) is 2.49. The van der Waals surface area contributed by atoms with Crippen LogP contribution in [0.25, 0.3) is 0 Å². The monoisotopic (exact) mass is 298 g/mol. The first-order valence-electron chi connectivity index (χ1n) is 8.31. The lowest BCUT2D eigenvalue weighted by Crippen LogP contribution is -2.49. The quantitative estimate of drug-likeness (QED) is 0.900. The van der Waals surface area contributed by atoms with Crippen LogP contribution in [0.5, 0.6) is 0 Å². The Kier molecular flexibility index (Phi) is 3.21. The van der Waals surface area contributed by atoms with Crippen LogP contribution >= 0.6 is 0 Å². The Morgan fingerprint density at radius 3 is 2.14 bits per heavy atom. The number of hydrogen-bond donors (Lipinski definition) is 2. The number of rotatable bonds is 3. The topological polar surface area (TPSA) is 72.2 Å². The van der Waals surface area contributed by atoms with Gasteiger partial charge in [-0.2, -0.15) is 0 Å². The Bertz CT molecular complexity index is 597. The van der Waals surface area contributed by atoms with Gasteiger partial charge in [0.2, 0.25) is 5.91 Å². The number of para-hydroxylation sites is 1. The van der Waals surface area contributed by atoms with E-state index in [0.29, 0.717) is 23.1 Å². The van der Waals surface area contributed by atoms with Crippen molar-refractivity contribution in [1.82, 2.24) is 0 Å². The number of nitrogens with one attached hydrogen (secondary N) is 1. The van der Waals surface area contributed by atoms with Crippen LogP contribution < -0.4 is 11.1 Å². The average Bonchev–Trinajstić information content (AvgIpc) is 2.46. The van der Waals surface area contributed by atoms with E-state index in [1.54, 1.807) is 18.2 Å². The van der Waals surface area contributed by atoms with E-state index in [4.69, 9.17) is 5.73 Å². The summed E-state index contributed by atoms with van der Waals surface area (Å²) in [5.41, 5.74) is 6.33. The van der Waals surface area contributed by atoms with Crippen LogP contribution in [-0.2, 0) is 4.79 Å². The van der Waals surface area contributed by atoms with Gasteiger partial charge in [-0.05, 0) is 67.9 Å². The summed E-state index contributed by atoms with van der Waals surface area (Å²) in [6.45, 7) is 0. The van der Waals surface area contributed by atoms with Gasteiger partial charge in [0.05, 0.1) is 11.3 Å². The van der Waals surface area contributed by atoms with E-state index < -0.39 is 5.91 Å². The van der Waals surface area contributed by atoms with Gasteiger partial charge in [-0.15, -0.1) is 0 Å². The maximum Gasteiger partial charge on any atom is 0.250 e. The summed E-state index contributed by atoms with van der Waals surface area (Å²) in [6, 6.07) is 7.00. The Hall–Kier alpha value is -1.84. The number of anilines is 1. The van der Waals surface area contributed by atoms with Gasteiger partial charge >= 0.3 is 0 Å². The molecule has 4 bridgehead atoms. The first-order chi connectivity index (χ1) is 10.6. The van der Waals surface area contributed by atoms with Gasteiger partial charge in [-0.25, -0.2) is 0 Å². The standard InChI is InChI=1S/C18H22N2O2/c19-17(21)14-3-1-2-4-15(14)20-18(22)16-12-6-10-5-11(8-12)9-13(16)7-10/h1-4,10-13,16H,5-9H2,(H2,19,21)(H,20,22). The van der Waals surface area contributed by atoms with E-state index in [1.165, 1.54) is 32.1 Å². The number of nitrogens with two attached hydrogens (primary N) is 1. The zero-order valence-corrected chi connectivity index (χ0v) is 12.6. The minimum atomic E-state index is -0.499. The van der Waals surface area contributed by atoms with Crippen molar-refractivity contribution in [2.24, 2.45) is 35.3 Å². The lowest BCUT2D eigenvalue weighted by Gasteiger charge is -2.53. The van der Waals surface area contributed by atoms with Crippen molar-refractivity contribution in [2.45, 2.75) is 32.1 Å². The second-order valence-electron chi connectivity index (χ2n) is 7.36. The summed E-state index contributed by atoms with van der Waals surface area (Å²) in [7, 11) is 0. The molecule has 4 saturated carbocycles. The average molecular weight is 298 g/mol. The van der Waals surface area contributed by atoms with Crippen molar-refractivity contribution in [3.05, 3.63) is 29.8 Å². The Morgan fingerprint density at radius 1 is 0.955 bits per heavy atom. The molecule has 0 saturated heterocycles. The van der Waals surface area contributed by atoms with Gasteiger partial charge in [0.15, 0.2) is 0 Å². The molecule has 0 heterocycles. The van der Waals surface area contributed by atoms with E-state index >= 15 is 0 Å². The van der Waals surface area contributed by atoms with Gasteiger partial charge in [0.1, 0.15) is 0 Å². The molecule has 4 aliphatic rings. The van der Waals surface area contributed by atoms with Crippen LogP contribution in [0, 0.1) is 29.6 Å². The highest BCUT2D eigenvalue weighted by Gasteiger charge is 2.50. The van der Waals surface area contributed by atoms with Gasteiger partial charge in [-0.3, -0.25) is 9.59 Å². The van der Waals surface area contributed by atoms with Gasteiger partial charge < -0.3 is 11.1 Å². The molecule has 3 N–H and O–H groups in total. The number of primary amides is 1. The van der Waals surface area contributed by atoms with Gasteiger partial charge in [0, 0.05) is 5.92 Å². The van der Waals surface area contributed by atoms with Crippen LogP contribution in [0.1, 0.15) is 42.5 Å².